The predicted molar refractivity (Wildman–Crippen MR) is 87.5 cm³/mol. The van der Waals surface area contributed by atoms with Gasteiger partial charge in [-0.2, -0.15) is 14.2 Å². The Labute approximate surface area is 129 Å². The SMILES string of the molecule is CC[N+](C)(CC)CC.CC[N+](C)(CC)CC.C[O-].C[O-]. The van der Waals surface area contributed by atoms with Gasteiger partial charge in [-0.1, -0.05) is 0 Å². The minimum absolute atomic E-state index is 0.750. The van der Waals surface area contributed by atoms with Crippen LogP contribution in [0.5, 0.6) is 0 Å². The molecule has 0 aromatic heterocycles. The maximum absolute atomic E-state index is 8.25. The number of nitrogens with zero attached hydrogens (tertiary/aromatic N) is 2. The van der Waals surface area contributed by atoms with Gasteiger partial charge in [0.2, 0.25) is 0 Å². The maximum Gasteiger partial charge on any atom is 0.0755 e. The Bertz CT molecular complexity index is 122. The molecule has 0 saturated heterocycles. The number of hydrogen-bond donors (Lipinski definition) is 0. The van der Waals surface area contributed by atoms with Crippen LogP contribution < -0.4 is 10.2 Å². The lowest BCUT2D eigenvalue weighted by molar-refractivity contribution is -0.904. The summed E-state index contributed by atoms with van der Waals surface area (Å²) in [5.41, 5.74) is 0. The van der Waals surface area contributed by atoms with Crippen molar-refractivity contribution in [1.82, 2.24) is 0 Å². The molecule has 0 aromatic carbocycles. The Morgan fingerprint density at radius 2 is 0.550 bits per heavy atom. The molecule has 0 unspecified atom stereocenters. The summed E-state index contributed by atoms with van der Waals surface area (Å²) < 4.78 is 2.42. The molecular formula is C16H42N2O2. The lowest BCUT2D eigenvalue weighted by Gasteiger charge is -2.30. The molecule has 0 rings (SSSR count). The Kier molecular flexibility index (Phi) is 26.4. The number of quaternary nitrogens is 2. The largest absolute Gasteiger partial charge is 0.857 e. The average Bonchev–Trinajstić information content (AvgIpc) is 2.57. The van der Waals surface area contributed by atoms with Crippen LogP contribution >= 0.6 is 0 Å². The van der Waals surface area contributed by atoms with E-state index >= 15 is 0 Å². The third-order valence-electron chi connectivity index (χ3n) is 4.58. The van der Waals surface area contributed by atoms with Crippen LogP contribution in [0.1, 0.15) is 41.5 Å². The molecule has 20 heavy (non-hydrogen) atoms. The lowest BCUT2D eigenvalue weighted by Crippen LogP contribution is -2.42. The van der Waals surface area contributed by atoms with Gasteiger partial charge in [0, 0.05) is 0 Å². The normalized spacial score (nSPS) is 10.2. The van der Waals surface area contributed by atoms with Gasteiger partial charge < -0.3 is 19.2 Å². The fourth-order valence-corrected chi connectivity index (χ4v) is 1.34. The third kappa shape index (κ3) is 15.9. The fourth-order valence-electron chi connectivity index (χ4n) is 1.34. The van der Waals surface area contributed by atoms with E-state index in [1.807, 2.05) is 0 Å². The second-order valence-corrected chi connectivity index (χ2v) is 5.14. The van der Waals surface area contributed by atoms with E-state index < -0.39 is 0 Å². The molecule has 0 bridgehead atoms. The molecule has 4 heteroatoms. The third-order valence-corrected chi connectivity index (χ3v) is 4.58. The van der Waals surface area contributed by atoms with Crippen LogP contribution in [0.2, 0.25) is 0 Å². The molecule has 0 amide bonds. The first kappa shape index (κ1) is 28.1. The molecule has 0 saturated carbocycles. The molecule has 0 fully saturated rings. The first-order chi connectivity index (χ1) is 9.36. The van der Waals surface area contributed by atoms with Crippen LogP contribution in [-0.4, -0.2) is 76.5 Å². The summed E-state index contributed by atoms with van der Waals surface area (Å²) >= 11 is 0. The Morgan fingerprint density at radius 3 is 0.550 bits per heavy atom. The second-order valence-electron chi connectivity index (χ2n) is 5.14. The first-order valence-corrected chi connectivity index (χ1v) is 7.85. The Balaban J connectivity index is -0.000000102. The molecule has 4 nitrogen and oxygen atoms in total. The van der Waals surface area contributed by atoms with E-state index in [4.69, 9.17) is 10.2 Å². The Morgan fingerprint density at radius 1 is 0.450 bits per heavy atom. The van der Waals surface area contributed by atoms with Crippen molar-refractivity contribution in [2.45, 2.75) is 41.5 Å². The monoisotopic (exact) mass is 294 g/mol. The molecule has 0 aliphatic carbocycles. The molecule has 128 valence electrons. The summed E-state index contributed by atoms with van der Waals surface area (Å²) in [6.45, 7) is 21.0. The summed E-state index contributed by atoms with van der Waals surface area (Å²) in [4.78, 5) is 0. The van der Waals surface area contributed by atoms with Crippen molar-refractivity contribution >= 4 is 0 Å². The summed E-state index contributed by atoms with van der Waals surface area (Å²) in [6, 6.07) is 0. The zero-order valence-corrected chi connectivity index (χ0v) is 16.0. The van der Waals surface area contributed by atoms with Gasteiger partial charge in [0.05, 0.1) is 53.4 Å². The van der Waals surface area contributed by atoms with Crippen LogP contribution in [0.15, 0.2) is 0 Å². The topological polar surface area (TPSA) is 46.1 Å². The van der Waals surface area contributed by atoms with Crippen molar-refractivity contribution in [1.29, 1.82) is 0 Å². The molecule has 0 radical (unpaired) electrons. The summed E-state index contributed by atoms with van der Waals surface area (Å²) in [5.74, 6) is 0. The maximum atomic E-state index is 8.25. The van der Waals surface area contributed by atoms with Crippen LogP contribution in [0.4, 0.5) is 0 Å². The zero-order valence-electron chi connectivity index (χ0n) is 16.0. The second kappa shape index (κ2) is 18.8. The first-order valence-electron chi connectivity index (χ1n) is 7.85. The minimum Gasteiger partial charge on any atom is -0.857 e. The summed E-state index contributed by atoms with van der Waals surface area (Å²) in [6.07, 6.45) is 0. The fraction of sp³-hybridized carbons (Fsp3) is 1.00. The standard InChI is InChI=1S/2C7H18N.2CH3O/c2*1-5-8(4,6-2)7-3;2*1-2/h2*5-7H2,1-4H3;2*1H3/q2*+1;2*-1. The lowest BCUT2D eigenvalue weighted by atomic mass is 10.4. The van der Waals surface area contributed by atoms with Gasteiger partial charge in [0.1, 0.15) is 0 Å². The van der Waals surface area contributed by atoms with Gasteiger partial charge in [0.15, 0.2) is 0 Å². The highest BCUT2D eigenvalue weighted by Crippen LogP contribution is 1.98. The molecule has 0 aliphatic heterocycles. The van der Waals surface area contributed by atoms with Crippen molar-refractivity contribution in [3.05, 3.63) is 0 Å². The van der Waals surface area contributed by atoms with E-state index in [2.05, 4.69) is 55.6 Å². The molecule has 0 atom stereocenters. The predicted octanol–water partition coefficient (Wildman–Crippen LogP) is 0.938. The van der Waals surface area contributed by atoms with E-state index in [1.165, 1.54) is 48.2 Å². The van der Waals surface area contributed by atoms with Crippen molar-refractivity contribution in [3.8, 4) is 0 Å². The van der Waals surface area contributed by atoms with Crippen LogP contribution in [-0.2, 0) is 0 Å². The van der Waals surface area contributed by atoms with E-state index in [0.717, 1.165) is 14.2 Å². The van der Waals surface area contributed by atoms with E-state index in [0.29, 0.717) is 0 Å². The van der Waals surface area contributed by atoms with Gasteiger partial charge in [-0.3, -0.25) is 0 Å². The molecule has 0 N–H and O–H groups in total. The summed E-state index contributed by atoms with van der Waals surface area (Å²) in [7, 11) is 6.08. The smallest absolute Gasteiger partial charge is 0.0755 e. The van der Waals surface area contributed by atoms with Crippen molar-refractivity contribution in [3.63, 3.8) is 0 Å². The molecule has 0 aliphatic rings. The average molecular weight is 295 g/mol. The highest BCUT2D eigenvalue weighted by atomic mass is 16.2. The molecule has 0 heterocycles. The molecule has 0 aromatic rings. The number of hydrogen-bond acceptors (Lipinski definition) is 2. The van der Waals surface area contributed by atoms with Gasteiger partial charge in [-0.05, 0) is 41.5 Å². The van der Waals surface area contributed by atoms with Crippen LogP contribution in [0.25, 0.3) is 0 Å². The summed E-state index contributed by atoms with van der Waals surface area (Å²) in [5, 5.41) is 16.5. The van der Waals surface area contributed by atoms with Gasteiger partial charge >= 0.3 is 0 Å². The molecule has 0 spiro atoms. The van der Waals surface area contributed by atoms with E-state index in [-0.39, 0.29) is 0 Å². The van der Waals surface area contributed by atoms with E-state index in [9.17, 15) is 0 Å². The van der Waals surface area contributed by atoms with Gasteiger partial charge in [0.25, 0.3) is 0 Å². The zero-order chi connectivity index (χ0) is 17.2. The van der Waals surface area contributed by atoms with E-state index in [1.54, 1.807) is 0 Å². The van der Waals surface area contributed by atoms with Gasteiger partial charge in [-0.25, -0.2) is 0 Å². The molecular weight excluding hydrogens is 252 g/mol. The van der Waals surface area contributed by atoms with Crippen molar-refractivity contribution in [2.24, 2.45) is 0 Å². The minimum atomic E-state index is 0.750. The highest BCUT2D eigenvalue weighted by Gasteiger charge is 2.11. The van der Waals surface area contributed by atoms with Crippen molar-refractivity contribution in [2.75, 3.05) is 67.6 Å². The quantitative estimate of drug-likeness (QED) is 0.685. The highest BCUT2D eigenvalue weighted by molar-refractivity contribution is 4.25. The Hall–Kier alpha value is -0.160. The van der Waals surface area contributed by atoms with Gasteiger partial charge in [-0.15, -0.1) is 0 Å². The van der Waals surface area contributed by atoms with Crippen LogP contribution in [0, 0.1) is 0 Å². The van der Waals surface area contributed by atoms with Crippen molar-refractivity contribution < 1.29 is 19.2 Å². The number of rotatable bonds is 6. The van der Waals surface area contributed by atoms with Crippen LogP contribution in [0.3, 0.4) is 0 Å².